The van der Waals surface area contributed by atoms with Crippen molar-refractivity contribution in [3.05, 3.63) is 60.4 Å². The topological polar surface area (TPSA) is 72.2 Å². The van der Waals surface area contributed by atoms with Gasteiger partial charge >= 0.3 is 0 Å². The molecule has 0 radical (unpaired) electrons. The van der Waals surface area contributed by atoms with E-state index in [2.05, 4.69) is 4.98 Å². The Morgan fingerprint density at radius 2 is 1.83 bits per heavy atom. The summed E-state index contributed by atoms with van der Waals surface area (Å²) in [5, 5.41) is 11.3. The summed E-state index contributed by atoms with van der Waals surface area (Å²) in [6, 6.07) is 13.5. The van der Waals surface area contributed by atoms with Crippen LogP contribution in [0.5, 0.6) is 0 Å². The van der Waals surface area contributed by atoms with Crippen molar-refractivity contribution in [2.45, 2.75) is 31.3 Å². The van der Waals surface area contributed by atoms with Gasteiger partial charge in [-0.25, -0.2) is 17.4 Å². The van der Waals surface area contributed by atoms with E-state index in [1.807, 2.05) is 13.8 Å². The number of rotatable bonds is 5. The van der Waals surface area contributed by atoms with Crippen LogP contribution >= 0.6 is 0 Å². The van der Waals surface area contributed by atoms with Crippen molar-refractivity contribution in [1.82, 2.24) is 8.96 Å². The van der Waals surface area contributed by atoms with Crippen LogP contribution in [-0.2, 0) is 10.0 Å². The van der Waals surface area contributed by atoms with Crippen molar-refractivity contribution in [3.8, 4) is 0 Å². The summed E-state index contributed by atoms with van der Waals surface area (Å²) >= 11 is 0. The average Bonchev–Trinajstić information content (AvgIpc) is 2.95. The van der Waals surface area contributed by atoms with Crippen molar-refractivity contribution in [3.63, 3.8) is 0 Å². The molecule has 1 N–H and O–H groups in total. The number of nitrogens with zero attached hydrogens (tertiary/aromatic N) is 2. The zero-order chi connectivity index (χ0) is 17.3. The van der Waals surface area contributed by atoms with Crippen LogP contribution in [0.3, 0.4) is 0 Å². The van der Waals surface area contributed by atoms with E-state index in [0.29, 0.717) is 23.1 Å². The molecular formula is C18H20N2O3S. The number of benzene rings is 1. The Hall–Kier alpha value is -2.18. The third kappa shape index (κ3) is 2.95. The lowest BCUT2D eigenvalue weighted by Gasteiger charge is -2.17. The number of pyridine rings is 1. The fraction of sp³-hybridized carbons (Fsp3) is 0.278. The maximum absolute atomic E-state index is 13.1. The normalized spacial score (nSPS) is 13.5. The molecule has 6 heteroatoms. The third-order valence-electron chi connectivity index (χ3n) is 3.86. The smallest absolute Gasteiger partial charge is 0.269 e. The summed E-state index contributed by atoms with van der Waals surface area (Å²) in [5.41, 5.74) is 0.681. The van der Waals surface area contributed by atoms with Crippen LogP contribution in [0.4, 0.5) is 0 Å². The van der Waals surface area contributed by atoms with E-state index in [-0.39, 0.29) is 10.8 Å². The molecule has 0 unspecified atom stereocenters. The second kappa shape index (κ2) is 6.37. The first-order chi connectivity index (χ1) is 11.4. The SMILES string of the molecule is CC(C)C[C@H](O)c1cc2cccnc2n1S(=O)(=O)c1ccccc1. The molecule has 2 heterocycles. The minimum absolute atomic E-state index is 0.172. The maximum atomic E-state index is 13.1. The highest BCUT2D eigenvalue weighted by Crippen LogP contribution is 2.30. The first-order valence-corrected chi connectivity index (χ1v) is 9.30. The fourth-order valence-electron chi connectivity index (χ4n) is 2.78. The highest BCUT2D eigenvalue weighted by Gasteiger charge is 2.27. The minimum Gasteiger partial charge on any atom is -0.387 e. The van der Waals surface area contributed by atoms with Gasteiger partial charge in [-0.15, -0.1) is 0 Å². The predicted molar refractivity (Wildman–Crippen MR) is 93.2 cm³/mol. The molecular weight excluding hydrogens is 324 g/mol. The van der Waals surface area contributed by atoms with Gasteiger partial charge in [-0.05, 0) is 42.7 Å². The van der Waals surface area contributed by atoms with Gasteiger partial charge in [0.2, 0.25) is 0 Å². The maximum Gasteiger partial charge on any atom is 0.269 e. The summed E-state index contributed by atoms with van der Waals surface area (Å²) in [6.07, 6.45) is 1.15. The number of aromatic nitrogens is 2. The van der Waals surface area contributed by atoms with Crippen molar-refractivity contribution in [2.24, 2.45) is 5.92 Å². The number of aliphatic hydroxyl groups excluding tert-OH is 1. The van der Waals surface area contributed by atoms with E-state index in [4.69, 9.17) is 0 Å². The average molecular weight is 344 g/mol. The molecule has 3 aromatic rings. The summed E-state index contributed by atoms with van der Waals surface area (Å²) in [5.74, 6) is 0.235. The molecule has 126 valence electrons. The molecule has 3 rings (SSSR count). The largest absolute Gasteiger partial charge is 0.387 e. The summed E-state index contributed by atoms with van der Waals surface area (Å²) < 4.78 is 27.4. The van der Waals surface area contributed by atoms with E-state index in [0.717, 1.165) is 0 Å². The van der Waals surface area contributed by atoms with E-state index >= 15 is 0 Å². The number of aliphatic hydroxyl groups is 1. The van der Waals surface area contributed by atoms with Crippen molar-refractivity contribution < 1.29 is 13.5 Å². The zero-order valence-electron chi connectivity index (χ0n) is 13.6. The second-order valence-electron chi connectivity index (χ2n) is 6.21. The van der Waals surface area contributed by atoms with Crippen molar-refractivity contribution in [1.29, 1.82) is 0 Å². The molecule has 24 heavy (non-hydrogen) atoms. The highest BCUT2D eigenvalue weighted by molar-refractivity contribution is 7.90. The molecule has 0 amide bonds. The van der Waals surface area contributed by atoms with E-state index < -0.39 is 16.1 Å². The lowest BCUT2D eigenvalue weighted by atomic mass is 10.0. The number of fused-ring (bicyclic) bond motifs is 1. The van der Waals surface area contributed by atoms with Gasteiger partial charge in [-0.3, -0.25) is 0 Å². The Morgan fingerprint density at radius 3 is 2.50 bits per heavy atom. The van der Waals surface area contributed by atoms with E-state index in [1.165, 1.54) is 3.97 Å². The first kappa shape index (κ1) is 16.7. The summed E-state index contributed by atoms with van der Waals surface area (Å²) in [6.45, 7) is 3.97. The van der Waals surface area contributed by atoms with Gasteiger partial charge in [0.1, 0.15) is 0 Å². The lowest BCUT2D eigenvalue weighted by Crippen LogP contribution is -2.18. The minimum atomic E-state index is -3.84. The summed E-state index contributed by atoms with van der Waals surface area (Å²) in [4.78, 5) is 4.40. The van der Waals surface area contributed by atoms with Crippen molar-refractivity contribution in [2.75, 3.05) is 0 Å². The van der Waals surface area contributed by atoms with Gasteiger partial charge in [0.05, 0.1) is 16.7 Å². The Bertz CT molecular complexity index is 947. The van der Waals surface area contributed by atoms with Crippen LogP contribution < -0.4 is 0 Å². The molecule has 0 saturated carbocycles. The predicted octanol–water partition coefficient (Wildman–Crippen LogP) is 3.35. The molecule has 0 bridgehead atoms. The van der Waals surface area contributed by atoms with Gasteiger partial charge in [-0.2, -0.15) is 0 Å². The molecule has 0 spiro atoms. The fourth-order valence-corrected chi connectivity index (χ4v) is 4.33. The van der Waals surface area contributed by atoms with Gasteiger partial charge in [0.25, 0.3) is 10.0 Å². The van der Waals surface area contributed by atoms with Crippen molar-refractivity contribution >= 4 is 21.1 Å². The van der Waals surface area contributed by atoms with Crippen LogP contribution in [0, 0.1) is 5.92 Å². The standard InChI is InChI=1S/C18H20N2O3S/c1-13(2)11-17(21)16-12-14-7-6-10-19-18(14)20(16)24(22,23)15-8-4-3-5-9-15/h3-10,12-13,17,21H,11H2,1-2H3/t17-/m0/s1. The second-order valence-corrected chi connectivity index (χ2v) is 8.00. The Kier molecular flexibility index (Phi) is 4.43. The molecule has 5 nitrogen and oxygen atoms in total. The third-order valence-corrected chi connectivity index (χ3v) is 5.60. The first-order valence-electron chi connectivity index (χ1n) is 7.86. The van der Waals surface area contributed by atoms with Gasteiger partial charge < -0.3 is 5.11 Å². The van der Waals surface area contributed by atoms with Crippen LogP contribution in [0.15, 0.2) is 59.6 Å². The summed E-state index contributed by atoms with van der Waals surface area (Å²) in [7, 11) is -3.84. The Morgan fingerprint density at radius 1 is 1.12 bits per heavy atom. The molecule has 0 fully saturated rings. The van der Waals surface area contributed by atoms with Gasteiger partial charge in [0.15, 0.2) is 5.65 Å². The Balaban J connectivity index is 2.26. The molecule has 1 atom stereocenters. The molecule has 1 aromatic carbocycles. The van der Waals surface area contributed by atoms with E-state index in [1.54, 1.807) is 54.7 Å². The molecule has 0 saturated heterocycles. The van der Waals surface area contributed by atoms with Crippen LogP contribution in [0.1, 0.15) is 32.1 Å². The number of hydrogen-bond acceptors (Lipinski definition) is 4. The van der Waals surface area contributed by atoms with Crippen LogP contribution in [0.25, 0.3) is 11.0 Å². The quantitative estimate of drug-likeness (QED) is 0.770. The highest BCUT2D eigenvalue weighted by atomic mass is 32.2. The molecule has 0 aliphatic carbocycles. The molecule has 0 aliphatic heterocycles. The van der Waals surface area contributed by atoms with Gasteiger partial charge in [0, 0.05) is 11.6 Å². The van der Waals surface area contributed by atoms with Crippen LogP contribution in [0.2, 0.25) is 0 Å². The molecule has 0 aliphatic rings. The zero-order valence-corrected chi connectivity index (χ0v) is 14.4. The molecule has 2 aromatic heterocycles. The number of hydrogen-bond donors (Lipinski definition) is 1. The Labute approximate surface area is 141 Å². The monoisotopic (exact) mass is 344 g/mol. The van der Waals surface area contributed by atoms with E-state index in [9.17, 15) is 13.5 Å². The van der Waals surface area contributed by atoms with Crippen LogP contribution in [-0.4, -0.2) is 22.5 Å². The lowest BCUT2D eigenvalue weighted by molar-refractivity contribution is 0.146. The van der Waals surface area contributed by atoms with Gasteiger partial charge in [-0.1, -0.05) is 32.0 Å².